The summed E-state index contributed by atoms with van der Waals surface area (Å²) >= 11 is 15.0. The van der Waals surface area contributed by atoms with Crippen LogP contribution in [0.1, 0.15) is 15.4 Å². The van der Waals surface area contributed by atoms with Crippen LogP contribution in [0.25, 0.3) is 0 Å². The van der Waals surface area contributed by atoms with Crippen molar-refractivity contribution in [3.63, 3.8) is 0 Å². The maximum absolute atomic E-state index is 11.9. The first kappa shape index (κ1) is 13.5. The average molecular weight is 417 g/mol. The molecule has 3 nitrogen and oxygen atoms in total. The fraction of sp³-hybridized carbons (Fsp3) is 0.111. The molecule has 17 heavy (non-hydrogen) atoms. The Labute approximate surface area is 127 Å². The molecule has 2 rings (SSSR count). The molecule has 0 unspecified atom stereocenters. The van der Waals surface area contributed by atoms with Crippen molar-refractivity contribution in [3.05, 3.63) is 30.3 Å². The molecule has 0 aliphatic rings. The van der Waals surface area contributed by atoms with E-state index in [4.69, 9.17) is 11.6 Å². The van der Waals surface area contributed by atoms with Crippen LogP contribution in [0.3, 0.4) is 0 Å². The van der Waals surface area contributed by atoms with Crippen LogP contribution < -0.4 is 5.32 Å². The Morgan fingerprint density at radius 3 is 2.82 bits per heavy atom. The van der Waals surface area contributed by atoms with Crippen LogP contribution in [0.15, 0.2) is 19.7 Å². The van der Waals surface area contributed by atoms with E-state index < -0.39 is 0 Å². The van der Waals surface area contributed by atoms with Crippen LogP contribution in [0, 0.1) is 0 Å². The van der Waals surface area contributed by atoms with Crippen LogP contribution in [-0.4, -0.2) is 10.9 Å². The van der Waals surface area contributed by atoms with E-state index in [1.807, 2.05) is 5.38 Å². The number of hydrogen-bond acceptors (Lipinski definition) is 4. The number of nitrogens with one attached hydrogen (secondary N) is 1. The van der Waals surface area contributed by atoms with E-state index in [9.17, 15) is 4.79 Å². The van der Waals surface area contributed by atoms with Gasteiger partial charge in [0.15, 0.2) is 5.13 Å². The normalized spacial score (nSPS) is 10.5. The SMILES string of the molecule is O=C(Nc1nc(CCl)cs1)c1cc(Br)c(Br)s1. The van der Waals surface area contributed by atoms with E-state index in [2.05, 4.69) is 42.2 Å². The molecule has 0 fully saturated rings. The van der Waals surface area contributed by atoms with Crippen LogP contribution in [0.5, 0.6) is 0 Å². The van der Waals surface area contributed by atoms with Gasteiger partial charge in [-0.2, -0.15) is 0 Å². The van der Waals surface area contributed by atoms with Crippen LogP contribution in [0.2, 0.25) is 0 Å². The highest BCUT2D eigenvalue weighted by molar-refractivity contribution is 9.13. The van der Waals surface area contributed by atoms with E-state index in [1.54, 1.807) is 6.07 Å². The van der Waals surface area contributed by atoms with Gasteiger partial charge in [0.05, 0.1) is 20.2 Å². The number of anilines is 1. The molecule has 2 heterocycles. The van der Waals surface area contributed by atoms with Gasteiger partial charge in [-0.1, -0.05) is 0 Å². The first-order chi connectivity index (χ1) is 8.10. The zero-order chi connectivity index (χ0) is 12.4. The van der Waals surface area contributed by atoms with Crippen molar-refractivity contribution in [1.29, 1.82) is 0 Å². The fourth-order valence-corrected chi connectivity index (χ4v) is 3.91. The second-order valence-corrected chi connectivity index (χ2v) is 7.31. The molecule has 1 amide bonds. The number of amides is 1. The molecule has 0 spiro atoms. The Bertz CT molecular complexity index is 535. The number of thiazole rings is 1. The minimum Gasteiger partial charge on any atom is -0.297 e. The molecule has 0 aliphatic heterocycles. The molecule has 0 radical (unpaired) electrons. The van der Waals surface area contributed by atoms with Crippen molar-refractivity contribution in [2.45, 2.75) is 5.88 Å². The van der Waals surface area contributed by atoms with Gasteiger partial charge in [0.25, 0.3) is 5.91 Å². The number of halogens is 3. The maximum Gasteiger partial charge on any atom is 0.267 e. The molecular weight excluding hydrogens is 412 g/mol. The van der Waals surface area contributed by atoms with Crippen molar-refractivity contribution in [2.75, 3.05) is 5.32 Å². The molecule has 0 bridgehead atoms. The van der Waals surface area contributed by atoms with E-state index in [-0.39, 0.29) is 5.91 Å². The summed E-state index contributed by atoms with van der Waals surface area (Å²) in [6, 6.07) is 1.76. The molecule has 0 aromatic carbocycles. The van der Waals surface area contributed by atoms with Gasteiger partial charge in [0, 0.05) is 9.85 Å². The number of carbonyl (C=O) groups excluding carboxylic acids is 1. The summed E-state index contributed by atoms with van der Waals surface area (Å²) in [5.74, 6) is 0.180. The highest BCUT2D eigenvalue weighted by atomic mass is 79.9. The monoisotopic (exact) mass is 414 g/mol. The van der Waals surface area contributed by atoms with Crippen molar-refractivity contribution in [2.24, 2.45) is 0 Å². The predicted molar refractivity (Wildman–Crippen MR) is 79.3 cm³/mol. The number of thiophene rings is 1. The summed E-state index contributed by atoms with van der Waals surface area (Å²) in [7, 11) is 0. The fourth-order valence-electron chi connectivity index (χ4n) is 1.04. The number of carbonyl (C=O) groups is 1. The smallest absolute Gasteiger partial charge is 0.267 e. The third kappa shape index (κ3) is 3.29. The number of rotatable bonds is 3. The van der Waals surface area contributed by atoms with E-state index in [0.29, 0.717) is 15.9 Å². The van der Waals surface area contributed by atoms with Gasteiger partial charge in [0.2, 0.25) is 0 Å². The minimum absolute atomic E-state index is 0.170. The Hall–Kier alpha value is 0.0500. The highest BCUT2D eigenvalue weighted by Gasteiger charge is 2.13. The van der Waals surface area contributed by atoms with Crippen molar-refractivity contribution >= 4 is 77.2 Å². The van der Waals surface area contributed by atoms with Gasteiger partial charge in [-0.25, -0.2) is 4.98 Å². The lowest BCUT2D eigenvalue weighted by Gasteiger charge is -1.97. The Morgan fingerprint density at radius 2 is 2.29 bits per heavy atom. The van der Waals surface area contributed by atoms with Crippen molar-refractivity contribution in [1.82, 2.24) is 4.98 Å². The molecule has 90 valence electrons. The van der Waals surface area contributed by atoms with Crippen molar-refractivity contribution in [3.8, 4) is 0 Å². The third-order valence-corrected chi connectivity index (χ3v) is 6.11. The molecule has 0 aliphatic carbocycles. The summed E-state index contributed by atoms with van der Waals surface area (Å²) in [6.45, 7) is 0. The van der Waals surface area contributed by atoms with Gasteiger partial charge in [-0.15, -0.1) is 34.3 Å². The Morgan fingerprint density at radius 1 is 1.53 bits per heavy atom. The van der Waals surface area contributed by atoms with E-state index >= 15 is 0 Å². The van der Waals surface area contributed by atoms with E-state index in [0.717, 1.165) is 14.0 Å². The van der Waals surface area contributed by atoms with Gasteiger partial charge < -0.3 is 0 Å². The quantitative estimate of drug-likeness (QED) is 0.736. The second-order valence-electron chi connectivity index (χ2n) is 2.96. The van der Waals surface area contributed by atoms with Crippen LogP contribution in [-0.2, 0) is 5.88 Å². The van der Waals surface area contributed by atoms with E-state index in [1.165, 1.54) is 22.7 Å². The third-order valence-electron chi connectivity index (χ3n) is 1.78. The molecule has 0 saturated heterocycles. The molecule has 1 N–H and O–H groups in total. The summed E-state index contributed by atoms with van der Waals surface area (Å²) in [5, 5.41) is 5.12. The molecule has 2 aromatic rings. The number of nitrogens with zero attached hydrogens (tertiary/aromatic N) is 1. The Kier molecular flexibility index (Phi) is 4.59. The summed E-state index contributed by atoms with van der Waals surface area (Å²) < 4.78 is 1.76. The van der Waals surface area contributed by atoms with Crippen LogP contribution in [0.4, 0.5) is 5.13 Å². The first-order valence-corrected chi connectivity index (χ1v) is 8.18. The summed E-state index contributed by atoms with van der Waals surface area (Å²) in [5.41, 5.74) is 0.764. The zero-order valence-corrected chi connectivity index (χ0v) is 13.7. The molecule has 0 saturated carbocycles. The standard InChI is InChI=1S/C9H5Br2ClN2OS2/c10-5-1-6(17-7(5)11)8(15)14-9-13-4(2-12)3-16-9/h1,3H,2H2,(H,13,14,15). The molecule has 8 heteroatoms. The average Bonchev–Trinajstić information content (AvgIpc) is 2.87. The second kappa shape index (κ2) is 5.79. The number of alkyl halides is 1. The zero-order valence-electron chi connectivity index (χ0n) is 8.17. The largest absolute Gasteiger partial charge is 0.297 e. The molecule has 2 aromatic heterocycles. The molecule has 0 atom stereocenters. The topological polar surface area (TPSA) is 42.0 Å². The highest BCUT2D eigenvalue weighted by Crippen LogP contribution is 2.32. The first-order valence-electron chi connectivity index (χ1n) is 4.36. The van der Waals surface area contributed by atoms with Gasteiger partial charge in [0.1, 0.15) is 0 Å². The number of hydrogen-bond donors (Lipinski definition) is 1. The van der Waals surface area contributed by atoms with Crippen molar-refractivity contribution < 1.29 is 4.79 Å². The summed E-state index contributed by atoms with van der Waals surface area (Å²) in [6.07, 6.45) is 0. The summed E-state index contributed by atoms with van der Waals surface area (Å²) in [4.78, 5) is 16.6. The lowest BCUT2D eigenvalue weighted by atomic mass is 10.4. The van der Waals surface area contributed by atoms with Crippen LogP contribution >= 0.6 is 66.1 Å². The van der Waals surface area contributed by atoms with Gasteiger partial charge in [-0.05, 0) is 37.9 Å². The lowest BCUT2D eigenvalue weighted by molar-refractivity contribution is 0.103. The lowest BCUT2D eigenvalue weighted by Crippen LogP contribution is -2.09. The minimum atomic E-state index is -0.170. The number of aromatic nitrogens is 1. The predicted octanol–water partition coefficient (Wildman–Crippen LogP) is 4.72. The van der Waals surface area contributed by atoms with Gasteiger partial charge >= 0.3 is 0 Å². The maximum atomic E-state index is 11.9. The van der Waals surface area contributed by atoms with Gasteiger partial charge in [-0.3, -0.25) is 10.1 Å². The molecular formula is C9H5Br2ClN2OS2. The Balaban J connectivity index is 2.11.